The van der Waals surface area contributed by atoms with Crippen molar-refractivity contribution in [1.29, 1.82) is 0 Å². The van der Waals surface area contributed by atoms with E-state index in [9.17, 15) is 9.90 Å². The molecule has 0 aromatic heterocycles. The highest BCUT2D eigenvalue weighted by atomic mass is 16.4. The molecule has 3 nitrogen and oxygen atoms in total. The third kappa shape index (κ3) is 3.48. The van der Waals surface area contributed by atoms with Crippen molar-refractivity contribution in [2.45, 2.75) is 46.0 Å². The van der Waals surface area contributed by atoms with Crippen molar-refractivity contribution in [3.63, 3.8) is 0 Å². The molecule has 0 spiro atoms. The average molecular weight is 227 g/mol. The zero-order valence-corrected chi connectivity index (χ0v) is 10.8. The highest BCUT2D eigenvalue weighted by Crippen LogP contribution is 2.37. The molecule has 1 aliphatic carbocycles. The Bertz CT molecular complexity index is 232. The second kappa shape index (κ2) is 5.67. The third-order valence-electron chi connectivity index (χ3n) is 3.51. The molecule has 0 amide bonds. The first-order valence-corrected chi connectivity index (χ1v) is 6.38. The van der Waals surface area contributed by atoms with Crippen LogP contribution in [0.25, 0.3) is 0 Å². The lowest BCUT2D eigenvalue weighted by molar-refractivity contribution is -0.152. The Morgan fingerprint density at radius 2 is 1.88 bits per heavy atom. The highest BCUT2D eigenvalue weighted by Gasteiger charge is 2.40. The van der Waals surface area contributed by atoms with E-state index in [1.165, 1.54) is 6.42 Å². The summed E-state index contributed by atoms with van der Waals surface area (Å²) in [5, 5.41) is 9.45. The largest absolute Gasteiger partial charge is 0.481 e. The number of aliphatic carboxylic acids is 1. The molecule has 0 aromatic carbocycles. The molecule has 0 aliphatic heterocycles. The highest BCUT2D eigenvalue weighted by molar-refractivity contribution is 5.75. The fourth-order valence-corrected chi connectivity index (χ4v) is 2.87. The standard InChI is InChI=1S/C13H25NO2/c1-11(2)9-14(3)10-13(12(15)16)7-5-4-6-8-13/h11H,4-10H2,1-3H3,(H,15,16). The summed E-state index contributed by atoms with van der Waals surface area (Å²) in [7, 11) is 2.04. The van der Waals surface area contributed by atoms with Gasteiger partial charge in [-0.25, -0.2) is 0 Å². The first-order valence-electron chi connectivity index (χ1n) is 6.38. The molecule has 0 saturated heterocycles. The zero-order valence-electron chi connectivity index (χ0n) is 10.8. The Kier molecular flexibility index (Phi) is 4.78. The van der Waals surface area contributed by atoms with Gasteiger partial charge in [0, 0.05) is 13.1 Å². The van der Waals surface area contributed by atoms with Crippen LogP contribution < -0.4 is 0 Å². The van der Waals surface area contributed by atoms with E-state index in [2.05, 4.69) is 18.7 Å². The summed E-state index contributed by atoms with van der Waals surface area (Å²) in [6.07, 6.45) is 5.04. The second-order valence-electron chi connectivity index (χ2n) is 5.74. The van der Waals surface area contributed by atoms with E-state index in [0.29, 0.717) is 12.5 Å². The topological polar surface area (TPSA) is 40.5 Å². The van der Waals surface area contributed by atoms with Crippen LogP contribution in [0.5, 0.6) is 0 Å². The van der Waals surface area contributed by atoms with Gasteiger partial charge in [0.1, 0.15) is 0 Å². The van der Waals surface area contributed by atoms with E-state index in [1.807, 2.05) is 7.05 Å². The molecule has 1 saturated carbocycles. The maximum absolute atomic E-state index is 11.5. The molecular formula is C13H25NO2. The molecule has 0 atom stereocenters. The molecule has 16 heavy (non-hydrogen) atoms. The predicted molar refractivity (Wildman–Crippen MR) is 65.5 cm³/mol. The van der Waals surface area contributed by atoms with Gasteiger partial charge in [-0.05, 0) is 25.8 Å². The molecule has 0 radical (unpaired) electrons. The SMILES string of the molecule is CC(C)CN(C)CC1(C(=O)O)CCCCC1. The van der Waals surface area contributed by atoms with Crippen LogP contribution in [-0.2, 0) is 4.79 Å². The molecule has 1 rings (SSSR count). The van der Waals surface area contributed by atoms with Gasteiger partial charge < -0.3 is 10.0 Å². The maximum Gasteiger partial charge on any atom is 0.310 e. The van der Waals surface area contributed by atoms with Crippen LogP contribution in [0, 0.1) is 11.3 Å². The van der Waals surface area contributed by atoms with Gasteiger partial charge in [-0.2, -0.15) is 0 Å². The fourth-order valence-electron chi connectivity index (χ4n) is 2.87. The van der Waals surface area contributed by atoms with Gasteiger partial charge >= 0.3 is 5.97 Å². The molecule has 1 fully saturated rings. The number of carbonyl (C=O) groups is 1. The van der Waals surface area contributed by atoms with E-state index in [1.54, 1.807) is 0 Å². The molecule has 3 heteroatoms. The van der Waals surface area contributed by atoms with Gasteiger partial charge in [0.2, 0.25) is 0 Å². The minimum absolute atomic E-state index is 0.470. The van der Waals surface area contributed by atoms with Crippen molar-refractivity contribution in [1.82, 2.24) is 4.90 Å². The smallest absolute Gasteiger partial charge is 0.310 e. The van der Waals surface area contributed by atoms with Crippen molar-refractivity contribution in [3.8, 4) is 0 Å². The fraction of sp³-hybridized carbons (Fsp3) is 0.923. The average Bonchev–Trinajstić information content (AvgIpc) is 2.17. The molecule has 0 heterocycles. The lowest BCUT2D eigenvalue weighted by atomic mass is 9.73. The Balaban J connectivity index is 2.60. The van der Waals surface area contributed by atoms with E-state index in [0.717, 1.165) is 32.2 Å². The van der Waals surface area contributed by atoms with Gasteiger partial charge in [0.25, 0.3) is 0 Å². The zero-order chi connectivity index (χ0) is 12.2. The number of nitrogens with zero attached hydrogens (tertiary/aromatic N) is 1. The predicted octanol–water partition coefficient (Wildman–Crippen LogP) is 2.61. The Morgan fingerprint density at radius 3 is 2.31 bits per heavy atom. The van der Waals surface area contributed by atoms with E-state index >= 15 is 0 Å². The van der Waals surface area contributed by atoms with E-state index in [-0.39, 0.29) is 0 Å². The van der Waals surface area contributed by atoms with E-state index < -0.39 is 11.4 Å². The molecule has 1 aliphatic rings. The normalized spacial score (nSPS) is 20.3. The van der Waals surface area contributed by atoms with Crippen LogP contribution >= 0.6 is 0 Å². The maximum atomic E-state index is 11.5. The first-order chi connectivity index (χ1) is 7.46. The van der Waals surface area contributed by atoms with Gasteiger partial charge in [-0.15, -0.1) is 0 Å². The van der Waals surface area contributed by atoms with Crippen molar-refractivity contribution >= 4 is 5.97 Å². The van der Waals surface area contributed by atoms with Crippen molar-refractivity contribution in [3.05, 3.63) is 0 Å². The summed E-state index contributed by atoms with van der Waals surface area (Å²) < 4.78 is 0. The van der Waals surface area contributed by atoms with Crippen LogP contribution in [0.15, 0.2) is 0 Å². The number of carboxylic acids is 1. The molecule has 0 aromatic rings. The third-order valence-corrected chi connectivity index (χ3v) is 3.51. The summed E-state index contributed by atoms with van der Waals surface area (Å²) in [5.41, 5.74) is -0.470. The van der Waals surface area contributed by atoms with Crippen LogP contribution in [-0.4, -0.2) is 36.1 Å². The van der Waals surface area contributed by atoms with Crippen LogP contribution in [0.4, 0.5) is 0 Å². The van der Waals surface area contributed by atoms with Gasteiger partial charge in [0.05, 0.1) is 5.41 Å². The summed E-state index contributed by atoms with van der Waals surface area (Å²) in [6.45, 7) is 6.03. The Hall–Kier alpha value is -0.570. The van der Waals surface area contributed by atoms with Gasteiger partial charge in [-0.1, -0.05) is 33.1 Å². The summed E-state index contributed by atoms with van der Waals surface area (Å²) in [4.78, 5) is 13.7. The van der Waals surface area contributed by atoms with Crippen LogP contribution in [0.2, 0.25) is 0 Å². The number of hydrogen-bond acceptors (Lipinski definition) is 2. The van der Waals surface area contributed by atoms with Gasteiger partial charge in [0.15, 0.2) is 0 Å². The minimum atomic E-state index is -0.595. The monoisotopic (exact) mass is 227 g/mol. The lowest BCUT2D eigenvalue weighted by Gasteiger charge is -2.36. The van der Waals surface area contributed by atoms with Crippen LogP contribution in [0.3, 0.4) is 0 Å². The number of hydrogen-bond donors (Lipinski definition) is 1. The Labute approximate surface area is 98.8 Å². The quantitative estimate of drug-likeness (QED) is 0.785. The summed E-state index contributed by atoms with van der Waals surface area (Å²) in [5.74, 6) is 0.00208. The second-order valence-corrected chi connectivity index (χ2v) is 5.74. The number of rotatable bonds is 5. The summed E-state index contributed by atoms with van der Waals surface area (Å²) >= 11 is 0. The Morgan fingerprint density at radius 1 is 1.31 bits per heavy atom. The van der Waals surface area contributed by atoms with E-state index in [4.69, 9.17) is 0 Å². The number of carboxylic acid groups (broad SMARTS) is 1. The lowest BCUT2D eigenvalue weighted by Crippen LogP contribution is -2.44. The minimum Gasteiger partial charge on any atom is -0.481 e. The molecule has 0 bridgehead atoms. The molecule has 1 N–H and O–H groups in total. The van der Waals surface area contributed by atoms with Crippen molar-refractivity contribution in [2.24, 2.45) is 11.3 Å². The van der Waals surface area contributed by atoms with Crippen molar-refractivity contribution < 1.29 is 9.90 Å². The first kappa shape index (κ1) is 13.5. The summed E-state index contributed by atoms with van der Waals surface area (Å²) in [6, 6.07) is 0. The van der Waals surface area contributed by atoms with Gasteiger partial charge in [-0.3, -0.25) is 4.79 Å². The molecule has 0 unspecified atom stereocenters. The molecular weight excluding hydrogens is 202 g/mol. The molecule has 94 valence electrons. The van der Waals surface area contributed by atoms with Crippen molar-refractivity contribution in [2.75, 3.05) is 20.1 Å². The van der Waals surface area contributed by atoms with Crippen LogP contribution in [0.1, 0.15) is 46.0 Å².